The maximum atomic E-state index is 14.1. The Morgan fingerprint density at radius 2 is 1.46 bits per heavy atom. The van der Waals surface area contributed by atoms with Gasteiger partial charge in [-0.05, 0) is 60.0 Å². The summed E-state index contributed by atoms with van der Waals surface area (Å²) in [5.74, 6) is -0.617. The van der Waals surface area contributed by atoms with Crippen molar-refractivity contribution in [3.63, 3.8) is 0 Å². The number of benzene rings is 4. The number of aromatic nitrogens is 2. The number of carbonyl (C=O) groups is 1. The van der Waals surface area contributed by atoms with Crippen LogP contribution in [0, 0.1) is 15.9 Å². The van der Waals surface area contributed by atoms with Crippen molar-refractivity contribution in [2.75, 3.05) is 6.54 Å². The molecule has 7 nitrogen and oxygen atoms in total. The van der Waals surface area contributed by atoms with Gasteiger partial charge in [0.05, 0.1) is 16.3 Å². The highest BCUT2D eigenvalue weighted by atomic mass is 19.1. The van der Waals surface area contributed by atoms with Crippen molar-refractivity contribution in [1.29, 1.82) is 0 Å². The van der Waals surface area contributed by atoms with Crippen LogP contribution in [0.25, 0.3) is 16.9 Å². The van der Waals surface area contributed by atoms with E-state index in [0.717, 1.165) is 11.1 Å². The highest BCUT2D eigenvalue weighted by Crippen LogP contribution is 2.25. The van der Waals surface area contributed by atoms with Crippen LogP contribution in [0.1, 0.15) is 21.6 Å². The Balaban J connectivity index is 1.55. The van der Waals surface area contributed by atoms with Gasteiger partial charge in [0.2, 0.25) is 0 Å². The molecular formula is C31H25FN4O3. The number of hydrogen-bond donors (Lipinski definition) is 0. The summed E-state index contributed by atoms with van der Waals surface area (Å²) in [7, 11) is 0. The zero-order chi connectivity index (χ0) is 27.2. The zero-order valence-corrected chi connectivity index (χ0v) is 21.0. The van der Waals surface area contributed by atoms with Gasteiger partial charge in [-0.2, -0.15) is 5.10 Å². The van der Waals surface area contributed by atoms with Crippen molar-refractivity contribution in [3.8, 4) is 16.9 Å². The summed E-state index contributed by atoms with van der Waals surface area (Å²) in [6.45, 7) is 0.860. The van der Waals surface area contributed by atoms with Gasteiger partial charge >= 0.3 is 0 Å². The Morgan fingerprint density at radius 3 is 2.08 bits per heavy atom. The molecule has 5 rings (SSSR count). The third-order valence-corrected chi connectivity index (χ3v) is 6.39. The van der Waals surface area contributed by atoms with E-state index in [4.69, 9.17) is 0 Å². The summed E-state index contributed by atoms with van der Waals surface area (Å²) in [4.78, 5) is 26.6. The molecule has 194 valence electrons. The molecule has 1 amide bonds. The molecule has 0 saturated carbocycles. The van der Waals surface area contributed by atoms with Crippen LogP contribution < -0.4 is 0 Å². The zero-order valence-electron chi connectivity index (χ0n) is 21.0. The summed E-state index contributed by atoms with van der Waals surface area (Å²) in [5.41, 5.74) is 3.96. The molecule has 39 heavy (non-hydrogen) atoms. The van der Waals surface area contributed by atoms with Gasteiger partial charge in [-0.3, -0.25) is 14.9 Å². The lowest BCUT2D eigenvalue weighted by molar-refractivity contribution is -0.384. The van der Waals surface area contributed by atoms with Crippen LogP contribution in [0.5, 0.6) is 0 Å². The molecule has 0 aliphatic carbocycles. The van der Waals surface area contributed by atoms with Crippen molar-refractivity contribution in [2.45, 2.75) is 13.0 Å². The molecule has 0 spiro atoms. The topological polar surface area (TPSA) is 81.3 Å². The second-order valence-corrected chi connectivity index (χ2v) is 9.05. The van der Waals surface area contributed by atoms with E-state index in [1.807, 2.05) is 60.7 Å². The molecule has 0 saturated heterocycles. The molecule has 0 aliphatic rings. The van der Waals surface area contributed by atoms with E-state index in [-0.39, 0.29) is 17.4 Å². The summed E-state index contributed by atoms with van der Waals surface area (Å²) >= 11 is 0. The van der Waals surface area contributed by atoms with Crippen molar-refractivity contribution >= 4 is 11.6 Å². The second kappa shape index (κ2) is 11.5. The Morgan fingerprint density at radius 1 is 0.846 bits per heavy atom. The van der Waals surface area contributed by atoms with E-state index in [1.54, 1.807) is 35.2 Å². The van der Waals surface area contributed by atoms with E-state index in [1.165, 1.54) is 28.9 Å². The first-order valence-electron chi connectivity index (χ1n) is 12.5. The third-order valence-electron chi connectivity index (χ3n) is 6.39. The number of hydrogen-bond acceptors (Lipinski definition) is 4. The fraction of sp³-hybridized carbons (Fsp3) is 0.0968. The van der Waals surface area contributed by atoms with E-state index in [9.17, 15) is 19.3 Å². The predicted molar refractivity (Wildman–Crippen MR) is 147 cm³/mol. The average Bonchev–Trinajstić information content (AvgIpc) is 3.42. The van der Waals surface area contributed by atoms with Crippen LogP contribution >= 0.6 is 0 Å². The third kappa shape index (κ3) is 6.07. The fourth-order valence-corrected chi connectivity index (χ4v) is 4.33. The Kier molecular flexibility index (Phi) is 7.54. The summed E-state index contributed by atoms with van der Waals surface area (Å²) in [5, 5.41) is 15.8. The smallest absolute Gasteiger partial charge is 0.272 e. The molecule has 0 N–H and O–H groups in total. The van der Waals surface area contributed by atoms with Gasteiger partial charge in [0.1, 0.15) is 11.5 Å². The highest BCUT2D eigenvalue weighted by Gasteiger charge is 2.24. The molecule has 0 unspecified atom stereocenters. The largest absolute Gasteiger partial charge is 0.333 e. The molecule has 0 fully saturated rings. The molecule has 5 aromatic rings. The highest BCUT2D eigenvalue weighted by molar-refractivity contribution is 5.94. The number of rotatable bonds is 9. The first-order valence-corrected chi connectivity index (χ1v) is 12.5. The lowest BCUT2D eigenvalue weighted by Gasteiger charge is -2.23. The number of nitro groups is 1. The Labute approximate surface area is 224 Å². The molecule has 1 aromatic heterocycles. The molecule has 4 aromatic carbocycles. The maximum absolute atomic E-state index is 14.1. The van der Waals surface area contributed by atoms with Gasteiger partial charge < -0.3 is 4.90 Å². The van der Waals surface area contributed by atoms with E-state index in [2.05, 4.69) is 5.10 Å². The van der Waals surface area contributed by atoms with Gasteiger partial charge in [0, 0.05) is 30.8 Å². The summed E-state index contributed by atoms with van der Waals surface area (Å²) in [6.07, 6.45) is 0.663. The summed E-state index contributed by atoms with van der Waals surface area (Å²) in [6, 6.07) is 33.1. The Bertz CT molecular complexity index is 1570. The van der Waals surface area contributed by atoms with Crippen LogP contribution in [0.3, 0.4) is 0 Å². The van der Waals surface area contributed by atoms with E-state index >= 15 is 0 Å². The van der Waals surface area contributed by atoms with Crippen LogP contribution in [-0.4, -0.2) is 32.1 Å². The first-order chi connectivity index (χ1) is 19.0. The first kappa shape index (κ1) is 25.5. The van der Waals surface area contributed by atoms with Gasteiger partial charge in [0.15, 0.2) is 0 Å². The van der Waals surface area contributed by atoms with Gasteiger partial charge in [-0.25, -0.2) is 9.07 Å². The molecule has 1 heterocycles. The van der Waals surface area contributed by atoms with Crippen molar-refractivity contribution in [1.82, 2.24) is 14.7 Å². The van der Waals surface area contributed by atoms with Gasteiger partial charge in [0.25, 0.3) is 11.6 Å². The minimum Gasteiger partial charge on any atom is -0.333 e. The van der Waals surface area contributed by atoms with Gasteiger partial charge in [-0.1, -0.05) is 60.7 Å². The molecule has 0 bridgehead atoms. The molecule has 0 aliphatic heterocycles. The van der Waals surface area contributed by atoms with Crippen LogP contribution in [0.4, 0.5) is 10.1 Å². The summed E-state index contributed by atoms with van der Waals surface area (Å²) < 4.78 is 15.1. The molecular weight excluding hydrogens is 495 g/mol. The van der Waals surface area contributed by atoms with Crippen LogP contribution in [0.2, 0.25) is 0 Å². The van der Waals surface area contributed by atoms with Crippen molar-refractivity contribution in [2.24, 2.45) is 0 Å². The van der Waals surface area contributed by atoms with E-state index in [0.29, 0.717) is 42.1 Å². The van der Waals surface area contributed by atoms with Gasteiger partial charge in [-0.15, -0.1) is 0 Å². The number of carbonyl (C=O) groups excluding carboxylic acids is 1. The standard InChI is InChI=1S/C31H25FN4O3/c32-26-13-11-25(12-14-26)29-21-30(35(33-29)27-15-17-28(18-16-27)36(38)39)31(37)34(22-24-9-5-2-6-10-24)20-19-23-7-3-1-4-8-23/h1-18,21H,19-20,22H2. The lowest BCUT2D eigenvalue weighted by Crippen LogP contribution is -2.34. The number of nitrogens with zero attached hydrogens (tertiary/aromatic N) is 4. The predicted octanol–water partition coefficient (Wildman–Crippen LogP) is 6.47. The van der Waals surface area contributed by atoms with Crippen LogP contribution in [0.15, 0.2) is 115 Å². The normalized spacial score (nSPS) is 10.8. The van der Waals surface area contributed by atoms with Crippen molar-refractivity contribution in [3.05, 3.63) is 148 Å². The fourth-order valence-electron chi connectivity index (χ4n) is 4.33. The minimum absolute atomic E-state index is 0.0638. The minimum atomic E-state index is -0.478. The quantitative estimate of drug-likeness (QED) is 0.165. The number of non-ortho nitro benzene ring substituents is 1. The van der Waals surface area contributed by atoms with Crippen molar-refractivity contribution < 1.29 is 14.1 Å². The number of halogens is 1. The van der Waals surface area contributed by atoms with Crippen LogP contribution in [-0.2, 0) is 13.0 Å². The monoisotopic (exact) mass is 520 g/mol. The number of nitro benzene ring substituents is 1. The molecule has 0 radical (unpaired) electrons. The number of amides is 1. The molecule has 8 heteroatoms. The Hall–Kier alpha value is -5.11. The lowest BCUT2D eigenvalue weighted by atomic mass is 10.1. The van der Waals surface area contributed by atoms with E-state index < -0.39 is 4.92 Å². The average molecular weight is 521 g/mol. The molecule has 0 atom stereocenters. The second-order valence-electron chi connectivity index (χ2n) is 9.05. The SMILES string of the molecule is O=C(c1cc(-c2ccc(F)cc2)nn1-c1ccc([N+](=O)[O-])cc1)N(CCc1ccccc1)Cc1ccccc1. The maximum Gasteiger partial charge on any atom is 0.272 e.